The number of nitrogens with one attached hydrogen (secondary N) is 2. The van der Waals surface area contributed by atoms with Crippen molar-refractivity contribution in [2.75, 3.05) is 0 Å². The third kappa shape index (κ3) is 8.04. The number of rotatable bonds is 7. The first-order chi connectivity index (χ1) is 17.4. The second-order valence-corrected chi connectivity index (χ2v) is 13.7. The van der Waals surface area contributed by atoms with E-state index in [0.29, 0.717) is 10.9 Å². The van der Waals surface area contributed by atoms with Crippen molar-refractivity contribution in [3.8, 4) is 10.4 Å². The van der Waals surface area contributed by atoms with Crippen LogP contribution in [-0.4, -0.2) is 37.0 Å². The Kier molecular flexibility index (Phi) is 9.80. The smallest absolute Gasteiger partial charge is 0.347 e. The van der Waals surface area contributed by atoms with Gasteiger partial charge in [0.2, 0.25) is 10.0 Å². The molecule has 1 heterocycles. The summed E-state index contributed by atoms with van der Waals surface area (Å²) in [6.45, 7) is 7.42. The van der Waals surface area contributed by atoms with Gasteiger partial charge in [0, 0.05) is 11.6 Å². The molecule has 37 heavy (non-hydrogen) atoms. The summed E-state index contributed by atoms with van der Waals surface area (Å²) in [5.74, 6) is 0.505. The minimum atomic E-state index is -3.62. The molecular weight excluding hydrogens is 510 g/mol. The van der Waals surface area contributed by atoms with E-state index < -0.39 is 15.6 Å². The van der Waals surface area contributed by atoms with Gasteiger partial charge in [-0.25, -0.2) is 18.1 Å². The molecule has 2 fully saturated rings. The van der Waals surface area contributed by atoms with Gasteiger partial charge in [-0.1, -0.05) is 38.2 Å². The summed E-state index contributed by atoms with van der Waals surface area (Å²) < 4.78 is 28.4. The number of carbonyl (C=O) groups is 1. The first-order valence-corrected chi connectivity index (χ1v) is 15.2. The second kappa shape index (κ2) is 12.4. The number of benzene rings is 1. The van der Waals surface area contributed by atoms with Crippen LogP contribution in [0.25, 0.3) is 10.4 Å². The Bertz CT molecular complexity index is 1230. The Morgan fingerprint density at radius 1 is 1.08 bits per heavy atom. The Labute approximate surface area is 223 Å². The number of aryl methyl sites for hydroxylation is 1. The highest BCUT2D eigenvalue weighted by molar-refractivity contribution is 7.89. The topological polar surface area (TPSA) is 122 Å². The molecule has 0 spiro atoms. The van der Waals surface area contributed by atoms with E-state index in [-0.39, 0.29) is 23.0 Å². The molecule has 2 aliphatic rings. The third-order valence-electron chi connectivity index (χ3n) is 6.73. The largest absolute Gasteiger partial charge is 0.373 e. The van der Waals surface area contributed by atoms with E-state index in [1.807, 2.05) is 33.8 Å². The second-order valence-electron chi connectivity index (χ2n) is 11.0. The minimum Gasteiger partial charge on any atom is -0.347 e. The van der Waals surface area contributed by atoms with Gasteiger partial charge in [-0.3, -0.25) is 4.79 Å². The Hall–Kier alpha value is -2.39. The van der Waals surface area contributed by atoms with Crippen LogP contribution in [-0.2, 0) is 26.0 Å². The van der Waals surface area contributed by atoms with Crippen LogP contribution in [0.2, 0.25) is 0 Å². The van der Waals surface area contributed by atoms with Gasteiger partial charge < -0.3 is 5.32 Å². The van der Waals surface area contributed by atoms with Crippen LogP contribution in [0.5, 0.6) is 0 Å². The molecule has 4 rings (SSSR count). The van der Waals surface area contributed by atoms with Gasteiger partial charge in [0.25, 0.3) is 5.91 Å². The van der Waals surface area contributed by atoms with Crippen LogP contribution in [0.1, 0.15) is 93.2 Å². The number of carbonyl (C=O) groups excluding carboxylic acids is 3. The van der Waals surface area contributed by atoms with Crippen LogP contribution in [0.15, 0.2) is 23.1 Å². The lowest BCUT2D eigenvalue weighted by Gasteiger charge is -2.25. The van der Waals surface area contributed by atoms with Gasteiger partial charge >= 0.3 is 6.15 Å². The molecule has 0 radical (unpaired) electrons. The fourth-order valence-electron chi connectivity index (χ4n) is 4.78. The van der Waals surface area contributed by atoms with Gasteiger partial charge in [0.1, 0.15) is 0 Å². The molecule has 0 saturated heterocycles. The fourth-order valence-corrected chi connectivity index (χ4v) is 7.37. The molecule has 202 valence electrons. The molecule has 1 aromatic carbocycles. The summed E-state index contributed by atoms with van der Waals surface area (Å²) in [4.78, 5) is 35.2. The lowest BCUT2D eigenvalue weighted by molar-refractivity contribution is -0.191. The van der Waals surface area contributed by atoms with E-state index in [0.717, 1.165) is 41.0 Å². The predicted octanol–water partition coefficient (Wildman–Crippen LogP) is 5.02. The van der Waals surface area contributed by atoms with Crippen LogP contribution >= 0.6 is 11.3 Å². The highest BCUT2D eigenvalue weighted by Crippen LogP contribution is 2.37. The zero-order valence-corrected chi connectivity index (χ0v) is 23.7. The van der Waals surface area contributed by atoms with Gasteiger partial charge in [-0.2, -0.15) is 9.59 Å². The van der Waals surface area contributed by atoms with Crippen molar-refractivity contribution in [3.63, 3.8) is 0 Å². The van der Waals surface area contributed by atoms with Crippen LogP contribution in [0.3, 0.4) is 0 Å². The Morgan fingerprint density at radius 3 is 2.27 bits per heavy atom. The molecular formula is C27H37N3O5S2. The lowest BCUT2D eigenvalue weighted by atomic mass is 9.85. The zero-order chi connectivity index (χ0) is 27.2. The summed E-state index contributed by atoms with van der Waals surface area (Å²) >= 11 is 1.44. The van der Waals surface area contributed by atoms with Crippen molar-refractivity contribution >= 4 is 33.4 Å². The highest BCUT2D eigenvalue weighted by Gasteiger charge is 2.27. The lowest BCUT2D eigenvalue weighted by Crippen LogP contribution is -2.40. The standard InChI is InChI=1S/C26H37N3O3S2.CO2/c1-17-15-20(34(31,32)29-26(2,3)4)13-14-21(17)23-22(16-18-9-6-5-7-10-18)28-25(33-23)24(30)27-19-11-8-12-19;2-1-3/h13-15,18-19,29H,5-12,16H2,1-4H3,(H,27,30);. The van der Waals surface area contributed by atoms with Crippen molar-refractivity contribution < 1.29 is 22.8 Å². The summed E-state index contributed by atoms with van der Waals surface area (Å²) in [6.07, 6.45) is 10.6. The van der Waals surface area contributed by atoms with Crippen molar-refractivity contribution in [2.24, 2.45) is 5.92 Å². The summed E-state index contributed by atoms with van der Waals surface area (Å²) in [6, 6.07) is 5.53. The molecule has 0 bridgehead atoms. The van der Waals surface area contributed by atoms with E-state index in [1.165, 1.54) is 49.9 Å². The molecule has 8 nitrogen and oxygen atoms in total. The third-order valence-corrected chi connectivity index (χ3v) is 9.62. The van der Waals surface area contributed by atoms with Gasteiger partial charge in [0.15, 0.2) is 5.01 Å². The molecule has 0 aliphatic heterocycles. The maximum absolute atomic E-state index is 12.9. The van der Waals surface area contributed by atoms with E-state index in [2.05, 4.69) is 10.0 Å². The molecule has 2 aromatic rings. The monoisotopic (exact) mass is 547 g/mol. The number of amides is 1. The molecule has 2 N–H and O–H groups in total. The van der Waals surface area contributed by atoms with E-state index >= 15 is 0 Å². The molecule has 10 heteroatoms. The first-order valence-electron chi connectivity index (χ1n) is 12.9. The minimum absolute atomic E-state index is 0.0860. The van der Waals surface area contributed by atoms with Gasteiger partial charge in [-0.15, -0.1) is 11.3 Å². The Morgan fingerprint density at radius 2 is 1.73 bits per heavy atom. The number of nitrogens with zero attached hydrogens (tertiary/aromatic N) is 1. The van der Waals surface area contributed by atoms with Crippen LogP contribution < -0.4 is 10.0 Å². The predicted molar refractivity (Wildman–Crippen MR) is 143 cm³/mol. The molecule has 0 unspecified atom stereocenters. The quantitative estimate of drug-likeness (QED) is 0.502. The zero-order valence-electron chi connectivity index (χ0n) is 22.1. The van der Waals surface area contributed by atoms with Gasteiger partial charge in [-0.05, 0) is 82.6 Å². The summed E-state index contributed by atoms with van der Waals surface area (Å²) in [7, 11) is -3.62. The number of sulfonamides is 1. The maximum atomic E-state index is 12.9. The average molecular weight is 548 g/mol. The van der Waals surface area contributed by atoms with Crippen molar-refractivity contribution in [2.45, 2.75) is 102 Å². The van der Waals surface area contributed by atoms with Crippen molar-refractivity contribution in [1.29, 1.82) is 0 Å². The summed E-state index contributed by atoms with van der Waals surface area (Å²) in [5, 5.41) is 3.63. The molecule has 0 atom stereocenters. The SMILES string of the molecule is Cc1cc(S(=O)(=O)NC(C)(C)C)ccc1-c1sc(C(=O)NC2CCC2)nc1CC1CCCCC1.O=C=O. The first kappa shape index (κ1) is 29.2. The Balaban J connectivity index is 0.00000121. The molecule has 2 aliphatic carbocycles. The van der Waals surface area contributed by atoms with E-state index in [9.17, 15) is 13.2 Å². The fraction of sp³-hybridized carbons (Fsp3) is 0.593. The maximum Gasteiger partial charge on any atom is 0.373 e. The number of aromatic nitrogens is 1. The van der Waals surface area contributed by atoms with E-state index in [4.69, 9.17) is 14.6 Å². The number of hydrogen-bond donors (Lipinski definition) is 2. The molecule has 2 saturated carbocycles. The van der Waals surface area contributed by atoms with Crippen LogP contribution in [0, 0.1) is 12.8 Å². The normalized spacial score (nSPS) is 16.8. The number of thiazole rings is 1. The molecule has 1 amide bonds. The van der Waals surface area contributed by atoms with Crippen molar-refractivity contribution in [1.82, 2.24) is 15.0 Å². The van der Waals surface area contributed by atoms with E-state index in [1.54, 1.807) is 12.1 Å². The van der Waals surface area contributed by atoms with Crippen LogP contribution in [0.4, 0.5) is 0 Å². The number of hydrogen-bond acceptors (Lipinski definition) is 7. The average Bonchev–Trinajstić information content (AvgIpc) is 3.19. The van der Waals surface area contributed by atoms with Gasteiger partial charge in [0.05, 0.1) is 15.5 Å². The van der Waals surface area contributed by atoms with Crippen molar-refractivity contribution in [3.05, 3.63) is 34.5 Å². The summed E-state index contributed by atoms with van der Waals surface area (Å²) in [5.41, 5.74) is 2.25. The highest BCUT2D eigenvalue weighted by atomic mass is 32.2. The molecule has 1 aromatic heterocycles.